The van der Waals surface area contributed by atoms with E-state index in [1.807, 2.05) is 4.90 Å². The van der Waals surface area contributed by atoms with E-state index < -0.39 is 10.0 Å². The van der Waals surface area contributed by atoms with Crippen LogP contribution in [-0.4, -0.2) is 51.4 Å². The summed E-state index contributed by atoms with van der Waals surface area (Å²) >= 11 is 0. The summed E-state index contributed by atoms with van der Waals surface area (Å²) in [4.78, 5) is 16.2. The van der Waals surface area contributed by atoms with Crippen molar-refractivity contribution in [2.24, 2.45) is 0 Å². The van der Waals surface area contributed by atoms with E-state index in [1.54, 1.807) is 35.2 Å². The molecule has 8 heteroatoms. The normalized spacial score (nSPS) is 19.6. The van der Waals surface area contributed by atoms with E-state index in [0.717, 1.165) is 29.7 Å². The van der Waals surface area contributed by atoms with Gasteiger partial charge in [-0.05, 0) is 48.2 Å². The van der Waals surface area contributed by atoms with Crippen molar-refractivity contribution in [3.63, 3.8) is 0 Å². The third kappa shape index (κ3) is 3.02. The van der Waals surface area contributed by atoms with Gasteiger partial charge in [-0.1, -0.05) is 12.1 Å². The summed E-state index contributed by atoms with van der Waals surface area (Å²) in [6, 6.07) is 9.96. The molecule has 1 fully saturated rings. The van der Waals surface area contributed by atoms with Crippen LogP contribution in [0.25, 0.3) is 0 Å². The maximum absolute atomic E-state index is 14.0. The highest BCUT2D eigenvalue weighted by atomic mass is 32.2. The van der Waals surface area contributed by atoms with Gasteiger partial charge in [0.1, 0.15) is 5.82 Å². The largest absolute Gasteiger partial charge is 0.367 e. The number of halogens is 1. The van der Waals surface area contributed by atoms with Crippen molar-refractivity contribution in [2.75, 3.05) is 42.5 Å². The first-order valence-corrected chi connectivity index (χ1v) is 11.3. The summed E-state index contributed by atoms with van der Waals surface area (Å²) in [5.74, 6) is -0.246. The minimum atomic E-state index is -3.66. The molecule has 0 spiro atoms. The van der Waals surface area contributed by atoms with Crippen LogP contribution in [0.15, 0.2) is 41.3 Å². The Bertz CT molecular complexity index is 1090. The number of amides is 1. The van der Waals surface area contributed by atoms with E-state index in [0.29, 0.717) is 38.4 Å². The predicted molar refractivity (Wildman–Crippen MR) is 108 cm³/mol. The van der Waals surface area contributed by atoms with Crippen molar-refractivity contribution in [1.82, 2.24) is 4.31 Å². The number of sulfonamides is 1. The molecule has 0 aromatic heterocycles. The number of anilines is 2. The van der Waals surface area contributed by atoms with Gasteiger partial charge >= 0.3 is 0 Å². The van der Waals surface area contributed by atoms with E-state index in [9.17, 15) is 17.6 Å². The van der Waals surface area contributed by atoms with Crippen LogP contribution in [-0.2, 0) is 27.7 Å². The number of carbonyl (C=O) groups is 1. The van der Waals surface area contributed by atoms with E-state index in [2.05, 4.69) is 0 Å². The van der Waals surface area contributed by atoms with Crippen molar-refractivity contribution in [3.05, 3.63) is 53.3 Å². The molecule has 0 N–H and O–H groups in total. The smallest absolute Gasteiger partial charge is 0.243 e. The summed E-state index contributed by atoms with van der Waals surface area (Å²) in [6.07, 6.45) is 1.91. The Morgan fingerprint density at radius 3 is 2.41 bits per heavy atom. The van der Waals surface area contributed by atoms with Gasteiger partial charge in [-0.3, -0.25) is 4.79 Å². The zero-order valence-corrected chi connectivity index (χ0v) is 16.8. The summed E-state index contributed by atoms with van der Waals surface area (Å²) in [5.41, 5.74) is 3.19. The Labute approximate surface area is 169 Å². The quantitative estimate of drug-likeness (QED) is 0.771. The fraction of sp³-hybridized carbons (Fsp3) is 0.381. The molecule has 1 amide bonds. The number of para-hydroxylation sites is 1. The van der Waals surface area contributed by atoms with Gasteiger partial charge in [-0.15, -0.1) is 0 Å². The number of hydrogen-bond donors (Lipinski definition) is 0. The fourth-order valence-corrected chi connectivity index (χ4v) is 6.15. The second-order valence-corrected chi connectivity index (χ2v) is 9.70. The van der Waals surface area contributed by atoms with Crippen LogP contribution < -0.4 is 9.80 Å². The van der Waals surface area contributed by atoms with Gasteiger partial charge in [0.25, 0.3) is 0 Å². The highest BCUT2D eigenvalue weighted by Crippen LogP contribution is 2.39. The highest BCUT2D eigenvalue weighted by Gasteiger charge is 2.36. The highest BCUT2D eigenvalue weighted by molar-refractivity contribution is 7.89. The molecular formula is C21H22FN3O3S. The van der Waals surface area contributed by atoms with Crippen LogP contribution in [0.2, 0.25) is 0 Å². The van der Waals surface area contributed by atoms with Crippen LogP contribution in [0.4, 0.5) is 15.8 Å². The lowest BCUT2D eigenvalue weighted by molar-refractivity contribution is -0.117. The van der Waals surface area contributed by atoms with Crippen molar-refractivity contribution in [1.29, 1.82) is 0 Å². The van der Waals surface area contributed by atoms with Crippen LogP contribution in [0.5, 0.6) is 0 Å². The molecule has 2 aromatic carbocycles. The van der Waals surface area contributed by atoms with E-state index in [4.69, 9.17) is 0 Å². The number of rotatable bonds is 3. The molecule has 0 aliphatic carbocycles. The molecule has 0 saturated carbocycles. The van der Waals surface area contributed by atoms with Gasteiger partial charge in [0.05, 0.1) is 22.7 Å². The Balaban J connectivity index is 1.40. The summed E-state index contributed by atoms with van der Waals surface area (Å²) in [7, 11) is -3.66. The Morgan fingerprint density at radius 1 is 0.931 bits per heavy atom. The average molecular weight is 415 g/mol. The lowest BCUT2D eigenvalue weighted by atomic mass is 10.0. The number of carbonyl (C=O) groups excluding carboxylic acids is 1. The third-order valence-electron chi connectivity index (χ3n) is 6.05. The standard InChI is InChI=1S/C21H22FN3O3S/c22-18-5-1-2-6-19(18)23-8-10-24(11-9-23)29(27,28)17-12-15-4-3-7-25-20(26)14-16(13-17)21(15)25/h1-2,5-6,12-13H,3-4,7-11,14H2. The van der Waals surface area contributed by atoms with Crippen LogP contribution in [0.3, 0.4) is 0 Å². The molecule has 152 valence electrons. The number of benzene rings is 2. The first kappa shape index (κ1) is 18.6. The van der Waals surface area contributed by atoms with Gasteiger partial charge in [0.15, 0.2) is 0 Å². The number of hydrogen-bond acceptors (Lipinski definition) is 4. The van der Waals surface area contributed by atoms with Gasteiger partial charge in [-0.25, -0.2) is 12.8 Å². The molecule has 0 atom stereocenters. The molecule has 3 aliphatic rings. The molecule has 29 heavy (non-hydrogen) atoms. The van der Waals surface area contributed by atoms with Gasteiger partial charge in [0.2, 0.25) is 15.9 Å². The number of nitrogens with zero attached hydrogens (tertiary/aromatic N) is 3. The Hall–Kier alpha value is -2.45. The topological polar surface area (TPSA) is 60.9 Å². The molecule has 0 unspecified atom stereocenters. The molecule has 5 rings (SSSR count). The van der Waals surface area contributed by atoms with Crippen LogP contribution >= 0.6 is 0 Å². The van der Waals surface area contributed by atoms with Crippen LogP contribution in [0, 0.1) is 5.82 Å². The molecule has 0 bridgehead atoms. The molecule has 0 radical (unpaired) electrons. The summed E-state index contributed by atoms with van der Waals surface area (Å²) < 4.78 is 42.1. The maximum atomic E-state index is 14.0. The molecular weight excluding hydrogens is 393 g/mol. The fourth-order valence-electron chi connectivity index (χ4n) is 4.62. The van der Waals surface area contributed by atoms with Crippen molar-refractivity contribution < 1.29 is 17.6 Å². The van der Waals surface area contributed by atoms with Gasteiger partial charge in [-0.2, -0.15) is 4.31 Å². The average Bonchev–Trinajstić information content (AvgIpc) is 3.05. The van der Waals surface area contributed by atoms with Crippen molar-refractivity contribution in [3.8, 4) is 0 Å². The van der Waals surface area contributed by atoms with Crippen molar-refractivity contribution in [2.45, 2.75) is 24.2 Å². The summed E-state index contributed by atoms with van der Waals surface area (Å²) in [5, 5.41) is 0. The second kappa shape index (κ2) is 6.81. The Morgan fingerprint density at radius 2 is 1.66 bits per heavy atom. The van der Waals surface area contributed by atoms with Gasteiger partial charge in [0, 0.05) is 32.7 Å². The first-order chi connectivity index (χ1) is 13.9. The third-order valence-corrected chi connectivity index (χ3v) is 7.93. The molecule has 3 heterocycles. The zero-order chi connectivity index (χ0) is 20.2. The summed E-state index contributed by atoms with van der Waals surface area (Å²) in [6.45, 7) is 2.18. The monoisotopic (exact) mass is 415 g/mol. The molecule has 2 aromatic rings. The lowest BCUT2D eigenvalue weighted by Crippen LogP contribution is -2.49. The SMILES string of the molecule is O=C1Cc2cc(S(=O)(=O)N3CCN(c4ccccc4F)CC3)cc3c2N1CCC3. The zero-order valence-electron chi connectivity index (χ0n) is 16.0. The number of aryl methyl sites for hydroxylation is 1. The van der Waals surface area contributed by atoms with E-state index >= 15 is 0 Å². The van der Waals surface area contributed by atoms with E-state index in [1.165, 1.54) is 10.4 Å². The van der Waals surface area contributed by atoms with Crippen LogP contribution in [0.1, 0.15) is 17.5 Å². The van der Waals surface area contributed by atoms with Crippen molar-refractivity contribution >= 4 is 27.3 Å². The predicted octanol–water partition coefficient (Wildman–Crippen LogP) is 2.17. The Kier molecular flexibility index (Phi) is 4.36. The van der Waals surface area contributed by atoms with Gasteiger partial charge < -0.3 is 9.80 Å². The molecule has 1 saturated heterocycles. The maximum Gasteiger partial charge on any atom is 0.243 e. The molecule has 6 nitrogen and oxygen atoms in total. The second-order valence-electron chi connectivity index (χ2n) is 7.76. The van der Waals surface area contributed by atoms with E-state index in [-0.39, 0.29) is 23.0 Å². The number of piperazine rings is 1. The molecule has 3 aliphatic heterocycles. The minimum Gasteiger partial charge on any atom is -0.367 e. The minimum absolute atomic E-state index is 0.0500. The lowest BCUT2D eigenvalue weighted by Gasteiger charge is -2.35. The first-order valence-electron chi connectivity index (χ1n) is 9.91.